The van der Waals surface area contributed by atoms with Crippen LogP contribution in [-0.2, 0) is 17.8 Å². The van der Waals surface area contributed by atoms with Gasteiger partial charge in [-0.25, -0.2) is 4.98 Å². The zero-order chi connectivity index (χ0) is 14.4. The van der Waals surface area contributed by atoms with E-state index in [0.29, 0.717) is 17.8 Å². The van der Waals surface area contributed by atoms with Gasteiger partial charge in [-0.05, 0) is 18.6 Å². The SMILES string of the molecule is CCc1nccn1CCCC(=O)Nc1ccccc1N. The molecule has 0 aliphatic heterocycles. The first kappa shape index (κ1) is 14.1. The van der Waals surface area contributed by atoms with Crippen LogP contribution in [-0.4, -0.2) is 15.5 Å². The lowest BCUT2D eigenvalue weighted by atomic mass is 10.2. The Morgan fingerprint density at radius 3 is 2.95 bits per heavy atom. The highest BCUT2D eigenvalue weighted by Crippen LogP contribution is 2.17. The van der Waals surface area contributed by atoms with E-state index in [0.717, 1.165) is 25.2 Å². The van der Waals surface area contributed by atoms with Gasteiger partial charge in [0.2, 0.25) is 5.91 Å². The predicted molar refractivity (Wildman–Crippen MR) is 80.3 cm³/mol. The minimum Gasteiger partial charge on any atom is -0.397 e. The van der Waals surface area contributed by atoms with Crippen LogP contribution in [0.5, 0.6) is 0 Å². The maximum atomic E-state index is 11.9. The van der Waals surface area contributed by atoms with Crippen molar-refractivity contribution in [3.8, 4) is 0 Å². The Morgan fingerprint density at radius 2 is 2.20 bits per heavy atom. The molecule has 0 saturated carbocycles. The van der Waals surface area contributed by atoms with Crippen molar-refractivity contribution in [2.24, 2.45) is 0 Å². The van der Waals surface area contributed by atoms with Crippen LogP contribution >= 0.6 is 0 Å². The smallest absolute Gasteiger partial charge is 0.224 e. The predicted octanol–water partition coefficient (Wildman–Crippen LogP) is 2.45. The number of nitrogens with two attached hydrogens (primary N) is 1. The number of nitrogens with zero attached hydrogens (tertiary/aromatic N) is 2. The molecule has 5 nitrogen and oxygen atoms in total. The van der Waals surface area contributed by atoms with E-state index in [1.165, 1.54) is 0 Å². The number of hydrogen-bond acceptors (Lipinski definition) is 3. The molecule has 1 amide bonds. The first-order chi connectivity index (χ1) is 9.70. The van der Waals surface area contributed by atoms with E-state index in [1.807, 2.05) is 18.3 Å². The summed E-state index contributed by atoms with van der Waals surface area (Å²) in [5.41, 5.74) is 7.05. The average Bonchev–Trinajstić information content (AvgIpc) is 2.89. The lowest BCUT2D eigenvalue weighted by Gasteiger charge is -2.09. The summed E-state index contributed by atoms with van der Waals surface area (Å²) in [5.74, 6) is 1.04. The Kier molecular flexibility index (Phi) is 4.76. The number of aryl methyl sites for hydroxylation is 2. The van der Waals surface area contributed by atoms with Gasteiger partial charge in [0, 0.05) is 31.8 Å². The number of nitrogen functional groups attached to an aromatic ring is 1. The number of para-hydroxylation sites is 2. The summed E-state index contributed by atoms with van der Waals surface area (Å²) in [6.07, 6.45) is 5.90. The van der Waals surface area contributed by atoms with Gasteiger partial charge in [-0.15, -0.1) is 0 Å². The van der Waals surface area contributed by atoms with Crippen LogP contribution < -0.4 is 11.1 Å². The number of carbonyl (C=O) groups excluding carboxylic acids is 1. The third kappa shape index (κ3) is 3.60. The number of rotatable bonds is 6. The van der Waals surface area contributed by atoms with Gasteiger partial charge in [-0.2, -0.15) is 0 Å². The highest BCUT2D eigenvalue weighted by molar-refractivity contribution is 5.93. The molecule has 0 fully saturated rings. The first-order valence-corrected chi connectivity index (χ1v) is 6.85. The van der Waals surface area contributed by atoms with Crippen LogP contribution in [0.25, 0.3) is 0 Å². The van der Waals surface area contributed by atoms with Crippen molar-refractivity contribution in [1.29, 1.82) is 0 Å². The third-order valence-electron chi connectivity index (χ3n) is 3.16. The number of benzene rings is 1. The molecule has 0 aliphatic carbocycles. The first-order valence-electron chi connectivity index (χ1n) is 6.85. The molecule has 106 valence electrons. The topological polar surface area (TPSA) is 72.9 Å². The standard InChI is InChI=1S/C15H20N4O/c1-2-14-17-9-11-19(14)10-5-8-15(20)18-13-7-4-3-6-12(13)16/h3-4,6-7,9,11H,2,5,8,10,16H2,1H3,(H,18,20). The number of amides is 1. The maximum Gasteiger partial charge on any atom is 0.224 e. The van der Waals surface area contributed by atoms with Gasteiger partial charge < -0.3 is 15.6 Å². The summed E-state index contributed by atoms with van der Waals surface area (Å²) in [6, 6.07) is 7.27. The molecule has 0 atom stereocenters. The zero-order valence-electron chi connectivity index (χ0n) is 11.7. The van der Waals surface area contributed by atoms with Crippen LogP contribution in [0.1, 0.15) is 25.6 Å². The fourth-order valence-corrected chi connectivity index (χ4v) is 2.09. The molecule has 1 aromatic heterocycles. The number of imidazole rings is 1. The molecule has 2 aromatic rings. The summed E-state index contributed by atoms with van der Waals surface area (Å²) in [4.78, 5) is 16.1. The van der Waals surface area contributed by atoms with Gasteiger partial charge in [-0.1, -0.05) is 19.1 Å². The molecular weight excluding hydrogens is 252 g/mol. The highest BCUT2D eigenvalue weighted by Gasteiger charge is 2.05. The minimum atomic E-state index is -0.0129. The largest absolute Gasteiger partial charge is 0.397 e. The maximum absolute atomic E-state index is 11.9. The van der Waals surface area contributed by atoms with E-state index in [4.69, 9.17) is 5.73 Å². The molecular formula is C15H20N4O. The zero-order valence-corrected chi connectivity index (χ0v) is 11.7. The Labute approximate surface area is 118 Å². The molecule has 1 aromatic carbocycles. The molecule has 5 heteroatoms. The van der Waals surface area contributed by atoms with Gasteiger partial charge in [-0.3, -0.25) is 4.79 Å². The van der Waals surface area contributed by atoms with Crippen molar-refractivity contribution in [3.05, 3.63) is 42.5 Å². The Hall–Kier alpha value is -2.30. The van der Waals surface area contributed by atoms with Crippen molar-refractivity contribution in [2.75, 3.05) is 11.1 Å². The highest BCUT2D eigenvalue weighted by atomic mass is 16.1. The summed E-state index contributed by atoms with van der Waals surface area (Å²) >= 11 is 0. The summed E-state index contributed by atoms with van der Waals surface area (Å²) < 4.78 is 2.09. The second kappa shape index (κ2) is 6.75. The molecule has 0 aliphatic rings. The molecule has 1 heterocycles. The number of anilines is 2. The van der Waals surface area contributed by atoms with Crippen molar-refractivity contribution < 1.29 is 4.79 Å². The monoisotopic (exact) mass is 272 g/mol. The van der Waals surface area contributed by atoms with E-state index in [-0.39, 0.29) is 5.91 Å². The molecule has 0 saturated heterocycles. The van der Waals surface area contributed by atoms with Crippen molar-refractivity contribution in [2.45, 2.75) is 32.7 Å². The van der Waals surface area contributed by atoms with E-state index < -0.39 is 0 Å². The number of hydrogen-bond donors (Lipinski definition) is 2. The lowest BCUT2D eigenvalue weighted by molar-refractivity contribution is -0.116. The minimum absolute atomic E-state index is 0.0129. The van der Waals surface area contributed by atoms with Crippen LogP contribution in [0, 0.1) is 0 Å². The molecule has 0 radical (unpaired) electrons. The number of aromatic nitrogens is 2. The van der Waals surface area contributed by atoms with E-state index >= 15 is 0 Å². The van der Waals surface area contributed by atoms with Gasteiger partial charge >= 0.3 is 0 Å². The molecule has 20 heavy (non-hydrogen) atoms. The third-order valence-corrected chi connectivity index (χ3v) is 3.16. The quantitative estimate of drug-likeness (QED) is 0.793. The summed E-state index contributed by atoms with van der Waals surface area (Å²) in [7, 11) is 0. The fourth-order valence-electron chi connectivity index (χ4n) is 2.09. The second-order valence-corrected chi connectivity index (χ2v) is 4.63. The van der Waals surface area contributed by atoms with E-state index in [2.05, 4.69) is 21.8 Å². The normalized spacial score (nSPS) is 10.4. The van der Waals surface area contributed by atoms with Crippen LogP contribution in [0.2, 0.25) is 0 Å². The van der Waals surface area contributed by atoms with E-state index in [1.54, 1.807) is 18.3 Å². The van der Waals surface area contributed by atoms with Crippen LogP contribution in [0.15, 0.2) is 36.7 Å². The van der Waals surface area contributed by atoms with Crippen molar-refractivity contribution >= 4 is 17.3 Å². The summed E-state index contributed by atoms with van der Waals surface area (Å²) in [5, 5.41) is 2.83. The van der Waals surface area contributed by atoms with Gasteiger partial charge in [0.25, 0.3) is 0 Å². The number of carbonyl (C=O) groups is 1. The van der Waals surface area contributed by atoms with E-state index in [9.17, 15) is 4.79 Å². The van der Waals surface area contributed by atoms with Crippen LogP contribution in [0.3, 0.4) is 0 Å². The van der Waals surface area contributed by atoms with Gasteiger partial charge in [0.1, 0.15) is 5.82 Å². The summed E-state index contributed by atoms with van der Waals surface area (Å²) in [6.45, 7) is 2.88. The molecule has 0 spiro atoms. The Bertz CT molecular complexity index is 577. The van der Waals surface area contributed by atoms with Gasteiger partial charge in [0.15, 0.2) is 0 Å². The molecule has 3 N–H and O–H groups in total. The Morgan fingerprint density at radius 1 is 1.40 bits per heavy atom. The average molecular weight is 272 g/mol. The fraction of sp³-hybridized carbons (Fsp3) is 0.333. The van der Waals surface area contributed by atoms with Crippen molar-refractivity contribution in [3.63, 3.8) is 0 Å². The van der Waals surface area contributed by atoms with Crippen molar-refractivity contribution in [1.82, 2.24) is 9.55 Å². The second-order valence-electron chi connectivity index (χ2n) is 4.63. The number of nitrogens with one attached hydrogen (secondary N) is 1. The van der Waals surface area contributed by atoms with Crippen LogP contribution in [0.4, 0.5) is 11.4 Å². The molecule has 2 rings (SSSR count). The molecule has 0 bridgehead atoms. The Balaban J connectivity index is 1.80. The van der Waals surface area contributed by atoms with Gasteiger partial charge in [0.05, 0.1) is 11.4 Å². The lowest BCUT2D eigenvalue weighted by Crippen LogP contribution is -2.14. The molecule has 0 unspecified atom stereocenters.